The molecule has 1 amide bonds. The maximum Gasteiger partial charge on any atom is 0.240 e. The van der Waals surface area contributed by atoms with E-state index in [1.165, 1.54) is 0 Å². The number of benzene rings is 1. The van der Waals surface area contributed by atoms with Gasteiger partial charge in [-0.3, -0.25) is 4.79 Å². The lowest BCUT2D eigenvalue weighted by atomic mass is 10.0. The van der Waals surface area contributed by atoms with Gasteiger partial charge in [-0.1, -0.05) is 12.1 Å². The molecule has 0 radical (unpaired) electrons. The topological polar surface area (TPSA) is 75.8 Å². The van der Waals surface area contributed by atoms with E-state index in [9.17, 15) is 9.90 Å². The van der Waals surface area contributed by atoms with Crippen molar-refractivity contribution in [1.82, 2.24) is 4.90 Å². The van der Waals surface area contributed by atoms with Gasteiger partial charge in [-0.2, -0.15) is 0 Å². The van der Waals surface area contributed by atoms with Crippen molar-refractivity contribution in [2.45, 2.75) is 32.4 Å². The molecular weight excluding hydrogens is 256 g/mol. The maximum atomic E-state index is 12.4. The van der Waals surface area contributed by atoms with Gasteiger partial charge in [0.2, 0.25) is 5.91 Å². The van der Waals surface area contributed by atoms with E-state index >= 15 is 0 Å². The Balaban J connectivity index is 2.66. The number of hydrogen-bond donors (Lipinski definition) is 2. The molecule has 112 valence electrons. The highest BCUT2D eigenvalue weighted by Gasteiger charge is 2.23. The summed E-state index contributed by atoms with van der Waals surface area (Å²) in [5.41, 5.74) is 6.93. The minimum atomic E-state index is -0.584. The molecule has 0 aromatic heterocycles. The monoisotopic (exact) mass is 280 g/mol. The molecule has 0 bridgehead atoms. The van der Waals surface area contributed by atoms with Crippen LogP contribution in [-0.4, -0.2) is 48.3 Å². The molecule has 5 heteroatoms. The Morgan fingerprint density at radius 1 is 1.35 bits per heavy atom. The first-order valence-corrected chi connectivity index (χ1v) is 6.78. The van der Waals surface area contributed by atoms with Crippen LogP contribution >= 0.6 is 0 Å². The normalized spacial score (nSPS) is 12.4. The highest BCUT2D eigenvalue weighted by molar-refractivity contribution is 5.82. The Labute approximate surface area is 120 Å². The number of aromatic hydroxyl groups is 1. The highest BCUT2D eigenvalue weighted by Crippen LogP contribution is 2.12. The van der Waals surface area contributed by atoms with Gasteiger partial charge in [0.15, 0.2) is 0 Å². The quantitative estimate of drug-likeness (QED) is 0.785. The molecule has 0 saturated carbocycles. The summed E-state index contributed by atoms with van der Waals surface area (Å²) in [4.78, 5) is 14.1. The molecule has 1 rings (SSSR count). The number of hydrogen-bond acceptors (Lipinski definition) is 4. The standard InChI is InChI=1S/C15H24N2O3/c1-11(2)17(8-9-20-3)15(19)14(16)10-12-4-6-13(18)7-5-12/h4-7,11,14,18H,8-10,16H2,1-3H3/t14-/m1/s1. The number of nitrogens with two attached hydrogens (primary N) is 1. The lowest BCUT2D eigenvalue weighted by molar-refractivity contribution is -0.135. The fourth-order valence-corrected chi connectivity index (χ4v) is 2.00. The molecule has 0 aliphatic carbocycles. The van der Waals surface area contributed by atoms with Crippen LogP contribution in [0.4, 0.5) is 0 Å². The molecule has 1 atom stereocenters. The van der Waals surface area contributed by atoms with Crippen LogP contribution in [0, 0.1) is 0 Å². The van der Waals surface area contributed by atoms with Crippen molar-refractivity contribution in [3.63, 3.8) is 0 Å². The number of nitrogens with zero attached hydrogens (tertiary/aromatic N) is 1. The number of methoxy groups -OCH3 is 1. The molecular formula is C15H24N2O3. The summed E-state index contributed by atoms with van der Waals surface area (Å²) >= 11 is 0. The zero-order valence-electron chi connectivity index (χ0n) is 12.4. The number of carbonyl (C=O) groups is 1. The van der Waals surface area contributed by atoms with Gasteiger partial charge in [0.1, 0.15) is 5.75 Å². The first-order chi connectivity index (χ1) is 9.45. The summed E-state index contributed by atoms with van der Waals surface area (Å²) in [6, 6.07) is 6.24. The molecule has 0 heterocycles. The van der Waals surface area contributed by atoms with Crippen molar-refractivity contribution in [1.29, 1.82) is 0 Å². The maximum absolute atomic E-state index is 12.4. The lowest BCUT2D eigenvalue weighted by Crippen LogP contribution is -2.49. The molecule has 5 nitrogen and oxygen atoms in total. The van der Waals surface area contributed by atoms with Crippen LogP contribution in [0.2, 0.25) is 0 Å². The number of amides is 1. The van der Waals surface area contributed by atoms with Gasteiger partial charge in [-0.05, 0) is 38.0 Å². The highest BCUT2D eigenvalue weighted by atomic mass is 16.5. The Hall–Kier alpha value is -1.59. The molecule has 0 unspecified atom stereocenters. The zero-order chi connectivity index (χ0) is 15.1. The van der Waals surface area contributed by atoms with Crippen molar-refractivity contribution in [2.24, 2.45) is 5.73 Å². The van der Waals surface area contributed by atoms with Gasteiger partial charge in [-0.25, -0.2) is 0 Å². The second-order valence-corrected chi connectivity index (χ2v) is 5.10. The summed E-state index contributed by atoms with van der Waals surface area (Å²) in [6.07, 6.45) is 0.454. The van der Waals surface area contributed by atoms with Gasteiger partial charge < -0.3 is 20.5 Å². The minimum absolute atomic E-state index is 0.0786. The summed E-state index contributed by atoms with van der Waals surface area (Å²) in [6.45, 7) is 4.95. The van der Waals surface area contributed by atoms with Crippen LogP contribution in [0.15, 0.2) is 24.3 Å². The van der Waals surface area contributed by atoms with Crippen LogP contribution in [0.25, 0.3) is 0 Å². The van der Waals surface area contributed by atoms with Crippen molar-refractivity contribution >= 4 is 5.91 Å². The third-order valence-electron chi connectivity index (χ3n) is 3.15. The Morgan fingerprint density at radius 2 is 1.95 bits per heavy atom. The summed E-state index contributed by atoms with van der Waals surface area (Å²) in [5, 5.41) is 9.24. The smallest absolute Gasteiger partial charge is 0.240 e. The number of phenolic OH excluding ortho intramolecular Hbond substituents is 1. The first kappa shape index (κ1) is 16.5. The van der Waals surface area contributed by atoms with E-state index in [1.54, 1.807) is 36.3 Å². The van der Waals surface area contributed by atoms with E-state index in [2.05, 4.69) is 0 Å². The van der Waals surface area contributed by atoms with Gasteiger partial charge in [0, 0.05) is 19.7 Å². The number of carbonyl (C=O) groups excluding carboxylic acids is 1. The molecule has 1 aromatic carbocycles. The summed E-state index contributed by atoms with van der Waals surface area (Å²) in [5.74, 6) is 0.127. The average molecular weight is 280 g/mol. The average Bonchev–Trinajstić information content (AvgIpc) is 2.41. The van der Waals surface area contributed by atoms with Crippen LogP contribution in [0.1, 0.15) is 19.4 Å². The SMILES string of the molecule is COCCN(C(=O)[C@H](N)Cc1ccc(O)cc1)C(C)C. The number of ether oxygens (including phenoxy) is 1. The Kier molecular flexibility index (Phi) is 6.48. The van der Waals surface area contributed by atoms with Gasteiger partial charge in [-0.15, -0.1) is 0 Å². The van der Waals surface area contributed by atoms with E-state index in [1.807, 2.05) is 13.8 Å². The summed E-state index contributed by atoms with van der Waals surface area (Å²) < 4.78 is 5.02. The Morgan fingerprint density at radius 3 is 2.45 bits per heavy atom. The van der Waals surface area contributed by atoms with Crippen molar-refractivity contribution in [3.8, 4) is 5.75 Å². The largest absolute Gasteiger partial charge is 0.508 e. The zero-order valence-corrected chi connectivity index (χ0v) is 12.4. The van der Waals surface area contributed by atoms with Gasteiger partial charge in [0.05, 0.1) is 12.6 Å². The molecule has 0 aliphatic rings. The van der Waals surface area contributed by atoms with E-state index in [0.717, 1.165) is 5.56 Å². The second kappa shape index (κ2) is 7.87. The predicted octanol–water partition coefficient (Wildman–Crippen LogP) is 1.15. The van der Waals surface area contributed by atoms with Gasteiger partial charge in [0.25, 0.3) is 0 Å². The second-order valence-electron chi connectivity index (χ2n) is 5.10. The van der Waals surface area contributed by atoms with E-state index in [-0.39, 0.29) is 17.7 Å². The molecule has 0 aliphatic heterocycles. The van der Waals surface area contributed by atoms with Crippen LogP contribution < -0.4 is 5.73 Å². The minimum Gasteiger partial charge on any atom is -0.508 e. The third-order valence-corrected chi connectivity index (χ3v) is 3.15. The predicted molar refractivity (Wildman–Crippen MR) is 78.5 cm³/mol. The van der Waals surface area contributed by atoms with E-state index in [4.69, 9.17) is 10.5 Å². The molecule has 0 fully saturated rings. The lowest BCUT2D eigenvalue weighted by Gasteiger charge is -2.29. The molecule has 0 spiro atoms. The van der Waals surface area contributed by atoms with Crippen LogP contribution in [0.3, 0.4) is 0 Å². The van der Waals surface area contributed by atoms with Crippen LogP contribution in [0.5, 0.6) is 5.75 Å². The fraction of sp³-hybridized carbons (Fsp3) is 0.533. The van der Waals surface area contributed by atoms with Gasteiger partial charge >= 0.3 is 0 Å². The summed E-state index contributed by atoms with van der Waals surface area (Å²) in [7, 11) is 1.61. The third kappa shape index (κ3) is 4.83. The van der Waals surface area contributed by atoms with Crippen molar-refractivity contribution < 1.29 is 14.6 Å². The van der Waals surface area contributed by atoms with Crippen molar-refractivity contribution in [3.05, 3.63) is 29.8 Å². The van der Waals surface area contributed by atoms with E-state index < -0.39 is 6.04 Å². The fourth-order valence-electron chi connectivity index (χ4n) is 2.00. The molecule has 1 aromatic rings. The molecule has 20 heavy (non-hydrogen) atoms. The van der Waals surface area contributed by atoms with Crippen LogP contribution in [-0.2, 0) is 16.0 Å². The number of phenols is 1. The van der Waals surface area contributed by atoms with E-state index in [0.29, 0.717) is 19.6 Å². The molecule has 0 saturated heterocycles. The Bertz CT molecular complexity index is 418. The van der Waals surface area contributed by atoms with Crippen molar-refractivity contribution in [2.75, 3.05) is 20.3 Å². The molecule has 3 N–H and O–H groups in total. The first-order valence-electron chi connectivity index (χ1n) is 6.78. The number of rotatable bonds is 7.